The highest BCUT2D eigenvalue weighted by atomic mass is 19.1. The van der Waals surface area contributed by atoms with Crippen molar-refractivity contribution in [2.75, 3.05) is 5.01 Å². The average Bonchev–Trinajstić information content (AvgIpc) is 3.36. The second kappa shape index (κ2) is 7.77. The van der Waals surface area contributed by atoms with E-state index < -0.39 is 5.54 Å². The zero-order chi connectivity index (χ0) is 23.3. The zero-order valence-electron chi connectivity index (χ0n) is 18.8. The Hall–Kier alpha value is -4.05. The van der Waals surface area contributed by atoms with Crippen LogP contribution in [0, 0.1) is 12.7 Å². The molecule has 4 aromatic rings. The van der Waals surface area contributed by atoms with Gasteiger partial charge < -0.3 is 0 Å². The Morgan fingerprint density at radius 2 is 1.53 bits per heavy atom. The number of hydrogen-bond donors (Lipinski definition) is 0. The van der Waals surface area contributed by atoms with E-state index in [0.29, 0.717) is 6.42 Å². The summed E-state index contributed by atoms with van der Waals surface area (Å²) in [5, 5.41) is 7.06. The fourth-order valence-electron chi connectivity index (χ4n) is 5.40. The summed E-state index contributed by atoms with van der Waals surface area (Å²) >= 11 is 0. The van der Waals surface area contributed by atoms with Gasteiger partial charge in [0, 0.05) is 12.0 Å². The topological polar surface area (TPSA) is 32.7 Å². The summed E-state index contributed by atoms with van der Waals surface area (Å²) in [5.41, 5.74) is 5.42. The Morgan fingerprint density at radius 1 is 0.853 bits per heavy atom. The third-order valence-corrected chi connectivity index (χ3v) is 7.00. The molecule has 0 unspecified atom stereocenters. The predicted molar refractivity (Wildman–Crippen MR) is 133 cm³/mol. The Labute approximate surface area is 198 Å². The first-order chi connectivity index (χ1) is 16.6. The van der Waals surface area contributed by atoms with Crippen molar-refractivity contribution in [3.05, 3.63) is 137 Å². The standard InChI is InChI=1S/C30H23FN2O/c1-20-11-17-25(18-12-20)33-30(19-23-9-5-6-10-26(23)29(30)34)27(21-13-15-24(31)16-14-21)28(32-33)22-7-3-2-4-8-22/h2-18,27H,19H2,1H3/t27-,30-/m1/s1. The van der Waals surface area contributed by atoms with Crippen LogP contribution < -0.4 is 5.01 Å². The minimum Gasteiger partial charge on any atom is -0.291 e. The van der Waals surface area contributed by atoms with Crippen molar-refractivity contribution in [1.29, 1.82) is 0 Å². The molecule has 34 heavy (non-hydrogen) atoms. The quantitative estimate of drug-likeness (QED) is 0.369. The first kappa shape index (κ1) is 20.5. The van der Waals surface area contributed by atoms with Gasteiger partial charge in [-0.1, -0.05) is 84.4 Å². The number of Topliss-reactive ketones (excluding diaryl/α,β-unsaturated/α-hetero) is 1. The van der Waals surface area contributed by atoms with E-state index in [9.17, 15) is 9.18 Å². The predicted octanol–water partition coefficient (Wildman–Crippen LogP) is 6.32. The van der Waals surface area contributed by atoms with Gasteiger partial charge in [0.05, 0.1) is 17.3 Å². The van der Waals surface area contributed by atoms with Crippen molar-refractivity contribution in [3.8, 4) is 0 Å². The second-order valence-electron chi connectivity index (χ2n) is 9.07. The van der Waals surface area contributed by atoms with Crippen molar-refractivity contribution in [1.82, 2.24) is 0 Å². The van der Waals surface area contributed by atoms with Gasteiger partial charge in [0.2, 0.25) is 0 Å². The molecule has 2 aliphatic rings. The van der Waals surface area contributed by atoms with E-state index in [4.69, 9.17) is 5.10 Å². The van der Waals surface area contributed by atoms with Gasteiger partial charge in [0.1, 0.15) is 11.4 Å². The summed E-state index contributed by atoms with van der Waals surface area (Å²) in [5.74, 6) is -0.616. The molecule has 6 rings (SSSR count). The Bertz CT molecular complexity index is 1410. The van der Waals surface area contributed by atoms with Crippen molar-refractivity contribution in [3.63, 3.8) is 0 Å². The van der Waals surface area contributed by atoms with E-state index in [-0.39, 0.29) is 17.5 Å². The van der Waals surface area contributed by atoms with Crippen LogP contribution in [0.2, 0.25) is 0 Å². The van der Waals surface area contributed by atoms with Crippen molar-refractivity contribution >= 4 is 17.2 Å². The number of carbonyl (C=O) groups is 1. The molecule has 166 valence electrons. The lowest BCUT2D eigenvalue weighted by atomic mass is 9.72. The van der Waals surface area contributed by atoms with Crippen LogP contribution in [-0.4, -0.2) is 17.0 Å². The number of nitrogens with zero attached hydrogens (tertiary/aromatic N) is 2. The van der Waals surface area contributed by atoms with Crippen LogP contribution in [0.1, 0.15) is 38.5 Å². The van der Waals surface area contributed by atoms with Gasteiger partial charge in [-0.15, -0.1) is 0 Å². The second-order valence-corrected chi connectivity index (χ2v) is 9.07. The number of carbonyl (C=O) groups excluding carboxylic acids is 1. The van der Waals surface area contributed by atoms with Crippen LogP contribution in [-0.2, 0) is 6.42 Å². The van der Waals surface area contributed by atoms with Crippen LogP contribution in [0.5, 0.6) is 0 Å². The number of hydrazone groups is 1. The molecule has 1 aliphatic carbocycles. The number of benzene rings is 4. The highest BCUT2D eigenvalue weighted by Gasteiger charge is 2.61. The van der Waals surface area contributed by atoms with Gasteiger partial charge in [-0.05, 0) is 47.9 Å². The van der Waals surface area contributed by atoms with Crippen molar-refractivity contribution in [2.45, 2.75) is 24.8 Å². The molecule has 1 aliphatic heterocycles. The minimum absolute atomic E-state index is 0.0488. The van der Waals surface area contributed by atoms with Gasteiger partial charge in [0.25, 0.3) is 0 Å². The molecule has 0 saturated heterocycles. The fourth-order valence-corrected chi connectivity index (χ4v) is 5.40. The van der Waals surface area contributed by atoms with Crippen molar-refractivity contribution in [2.24, 2.45) is 5.10 Å². The molecule has 3 nitrogen and oxygen atoms in total. The van der Waals surface area contributed by atoms with Gasteiger partial charge in [-0.25, -0.2) is 9.40 Å². The SMILES string of the molecule is Cc1ccc(N2N=C(c3ccccc3)[C@@H](c3ccc(F)cc3)[C@@]23Cc2ccccc2C3=O)cc1. The van der Waals surface area contributed by atoms with Crippen molar-refractivity contribution < 1.29 is 9.18 Å². The largest absolute Gasteiger partial charge is 0.291 e. The third kappa shape index (κ3) is 3.02. The molecule has 0 aromatic heterocycles. The third-order valence-electron chi connectivity index (χ3n) is 7.00. The van der Waals surface area contributed by atoms with E-state index in [2.05, 4.69) is 0 Å². The van der Waals surface area contributed by atoms with E-state index in [1.165, 1.54) is 12.1 Å². The van der Waals surface area contributed by atoms with E-state index in [1.54, 1.807) is 12.1 Å². The molecule has 0 amide bonds. The molecular weight excluding hydrogens is 423 g/mol. The highest BCUT2D eigenvalue weighted by molar-refractivity contribution is 6.19. The van der Waals surface area contributed by atoms with Gasteiger partial charge in [0.15, 0.2) is 5.78 Å². The first-order valence-electron chi connectivity index (χ1n) is 11.5. The Kier molecular flexibility index (Phi) is 4.70. The van der Waals surface area contributed by atoms with Gasteiger partial charge in [-0.3, -0.25) is 4.79 Å². The maximum absolute atomic E-state index is 14.3. The normalized spacial score (nSPS) is 21.1. The lowest BCUT2D eigenvalue weighted by Gasteiger charge is -2.37. The summed E-state index contributed by atoms with van der Waals surface area (Å²) < 4.78 is 13.9. The lowest BCUT2D eigenvalue weighted by molar-refractivity contribution is 0.0899. The molecule has 0 fully saturated rings. The molecule has 0 bridgehead atoms. The van der Waals surface area contributed by atoms with E-state index >= 15 is 0 Å². The molecule has 0 radical (unpaired) electrons. The summed E-state index contributed by atoms with van der Waals surface area (Å²) in [6.07, 6.45) is 0.526. The molecule has 1 spiro atoms. The lowest BCUT2D eigenvalue weighted by Crippen LogP contribution is -2.53. The monoisotopic (exact) mass is 446 g/mol. The number of aryl methyl sites for hydroxylation is 1. The number of hydrogen-bond acceptors (Lipinski definition) is 3. The average molecular weight is 447 g/mol. The zero-order valence-corrected chi connectivity index (χ0v) is 18.8. The van der Waals surface area contributed by atoms with Crippen LogP contribution in [0.25, 0.3) is 0 Å². The molecule has 0 saturated carbocycles. The molecule has 4 heteroatoms. The molecule has 0 N–H and O–H groups in total. The van der Waals surface area contributed by atoms with Gasteiger partial charge in [-0.2, -0.15) is 5.10 Å². The smallest absolute Gasteiger partial charge is 0.192 e. The van der Waals surface area contributed by atoms with E-state index in [0.717, 1.165) is 39.2 Å². The van der Waals surface area contributed by atoms with Gasteiger partial charge >= 0.3 is 0 Å². The van der Waals surface area contributed by atoms with Crippen LogP contribution >= 0.6 is 0 Å². The number of anilines is 1. The van der Waals surface area contributed by atoms with Crippen LogP contribution in [0.4, 0.5) is 10.1 Å². The van der Waals surface area contributed by atoms with Crippen LogP contribution in [0.15, 0.2) is 108 Å². The van der Waals surface area contributed by atoms with Crippen LogP contribution in [0.3, 0.4) is 0 Å². The molecular formula is C30H23FN2O. The highest BCUT2D eigenvalue weighted by Crippen LogP contribution is 2.51. The maximum atomic E-state index is 14.3. The minimum atomic E-state index is -0.970. The Balaban J connectivity index is 1.63. The van der Waals surface area contributed by atoms with E-state index in [1.807, 2.05) is 90.8 Å². The Morgan fingerprint density at radius 3 is 2.24 bits per heavy atom. The summed E-state index contributed by atoms with van der Waals surface area (Å²) in [6.45, 7) is 2.04. The number of halogens is 1. The summed E-state index contributed by atoms with van der Waals surface area (Å²) in [6, 6.07) is 32.4. The number of fused-ring (bicyclic) bond motifs is 1. The number of rotatable bonds is 3. The molecule has 1 heterocycles. The fraction of sp³-hybridized carbons (Fsp3) is 0.133. The molecule has 4 aromatic carbocycles. The summed E-state index contributed by atoms with van der Waals surface area (Å²) in [7, 11) is 0. The first-order valence-corrected chi connectivity index (χ1v) is 11.5. The molecule has 2 atom stereocenters. The number of ketones is 1. The summed E-state index contributed by atoms with van der Waals surface area (Å²) in [4.78, 5) is 14.3. The maximum Gasteiger partial charge on any atom is 0.192 e.